The number of aryl methyl sites for hydroxylation is 1. The molecule has 1 saturated carbocycles. The van der Waals surface area contributed by atoms with Gasteiger partial charge >= 0.3 is 0 Å². The maximum absolute atomic E-state index is 6.07. The molecule has 0 N–H and O–H groups in total. The van der Waals surface area contributed by atoms with Crippen LogP contribution in [0.15, 0.2) is 12.1 Å². The van der Waals surface area contributed by atoms with Gasteiger partial charge in [-0.1, -0.05) is 0 Å². The van der Waals surface area contributed by atoms with Crippen LogP contribution >= 0.6 is 22.9 Å². The zero-order valence-electron chi connectivity index (χ0n) is 8.98. The summed E-state index contributed by atoms with van der Waals surface area (Å²) in [7, 11) is 0. The van der Waals surface area contributed by atoms with Gasteiger partial charge in [0.2, 0.25) is 5.28 Å². The van der Waals surface area contributed by atoms with Gasteiger partial charge in [-0.15, -0.1) is 21.5 Å². The van der Waals surface area contributed by atoms with Crippen molar-refractivity contribution in [2.24, 2.45) is 0 Å². The van der Waals surface area contributed by atoms with Crippen LogP contribution in [0, 0.1) is 6.92 Å². The molecular weight excluding hydrogens is 242 g/mol. The molecule has 2 heterocycles. The lowest BCUT2D eigenvalue weighted by Crippen LogP contribution is -2.03. The molecule has 5 heteroatoms. The van der Waals surface area contributed by atoms with Gasteiger partial charge in [0.05, 0.1) is 6.54 Å². The van der Waals surface area contributed by atoms with Crippen LogP contribution in [-0.2, 0) is 6.54 Å². The van der Waals surface area contributed by atoms with Crippen molar-refractivity contribution in [1.29, 1.82) is 0 Å². The highest BCUT2D eigenvalue weighted by Gasteiger charge is 2.30. The van der Waals surface area contributed by atoms with E-state index >= 15 is 0 Å². The Morgan fingerprint density at radius 2 is 2.25 bits per heavy atom. The van der Waals surface area contributed by atoms with Crippen molar-refractivity contribution < 1.29 is 0 Å². The van der Waals surface area contributed by atoms with Gasteiger partial charge in [-0.05, 0) is 43.5 Å². The van der Waals surface area contributed by atoms with Crippen molar-refractivity contribution in [2.45, 2.75) is 32.2 Å². The number of thiophene rings is 1. The molecule has 0 saturated heterocycles. The Bertz CT molecular complexity index is 513. The Labute approximate surface area is 103 Å². The van der Waals surface area contributed by atoms with E-state index < -0.39 is 0 Å². The van der Waals surface area contributed by atoms with Gasteiger partial charge in [-0.2, -0.15) is 0 Å². The van der Waals surface area contributed by atoms with Crippen molar-refractivity contribution >= 4 is 22.9 Å². The van der Waals surface area contributed by atoms with Crippen LogP contribution in [0.5, 0.6) is 0 Å². The van der Waals surface area contributed by atoms with Gasteiger partial charge in [-0.3, -0.25) is 4.57 Å². The zero-order chi connectivity index (χ0) is 11.1. The molecule has 0 aliphatic heterocycles. The third-order valence-corrected chi connectivity index (χ3v) is 4.05. The first-order valence-electron chi connectivity index (χ1n) is 5.38. The highest BCUT2D eigenvalue weighted by Crippen LogP contribution is 2.39. The summed E-state index contributed by atoms with van der Waals surface area (Å²) in [5, 5.41) is 8.64. The smallest absolute Gasteiger partial charge is 0.225 e. The standard InChI is InChI=1S/C11H12ClN3S/c1-7-2-5-9(16-7)6-15-10(8-3-4-8)13-14-11(15)12/h2,5,8H,3-4,6H2,1H3. The predicted molar refractivity (Wildman–Crippen MR) is 65.2 cm³/mol. The lowest BCUT2D eigenvalue weighted by Gasteiger charge is -2.04. The molecule has 0 atom stereocenters. The molecule has 1 aliphatic carbocycles. The summed E-state index contributed by atoms with van der Waals surface area (Å²) in [5.74, 6) is 1.64. The molecule has 0 unspecified atom stereocenters. The minimum Gasteiger partial charge on any atom is -0.296 e. The second-order valence-electron chi connectivity index (χ2n) is 4.20. The number of aromatic nitrogens is 3. The van der Waals surface area contributed by atoms with Crippen molar-refractivity contribution in [2.75, 3.05) is 0 Å². The molecule has 2 aromatic heterocycles. The third kappa shape index (κ3) is 1.87. The molecule has 0 amide bonds. The van der Waals surface area contributed by atoms with Crippen molar-refractivity contribution in [3.8, 4) is 0 Å². The van der Waals surface area contributed by atoms with Gasteiger partial charge in [0.25, 0.3) is 0 Å². The summed E-state index contributed by atoms with van der Waals surface area (Å²) in [5.41, 5.74) is 0. The fourth-order valence-corrected chi connectivity index (χ4v) is 2.87. The lowest BCUT2D eigenvalue weighted by molar-refractivity contribution is 0.735. The van der Waals surface area contributed by atoms with Gasteiger partial charge in [0, 0.05) is 15.7 Å². The van der Waals surface area contributed by atoms with Gasteiger partial charge in [0.1, 0.15) is 5.82 Å². The summed E-state index contributed by atoms with van der Waals surface area (Å²) in [6.45, 7) is 2.92. The second-order valence-corrected chi connectivity index (χ2v) is 5.91. The first-order valence-corrected chi connectivity index (χ1v) is 6.57. The highest BCUT2D eigenvalue weighted by atomic mass is 35.5. The van der Waals surface area contributed by atoms with E-state index in [2.05, 4.69) is 29.3 Å². The molecule has 84 valence electrons. The normalized spacial score (nSPS) is 15.6. The molecule has 2 aromatic rings. The number of hydrogen-bond donors (Lipinski definition) is 0. The lowest BCUT2D eigenvalue weighted by atomic mass is 10.3. The van der Waals surface area contributed by atoms with E-state index in [1.54, 1.807) is 11.3 Å². The summed E-state index contributed by atoms with van der Waals surface area (Å²) >= 11 is 7.87. The van der Waals surface area contributed by atoms with Gasteiger partial charge in [0.15, 0.2) is 0 Å². The summed E-state index contributed by atoms with van der Waals surface area (Å²) < 4.78 is 2.03. The Morgan fingerprint density at radius 1 is 1.44 bits per heavy atom. The average Bonchev–Trinajstić information content (AvgIpc) is 2.93. The SMILES string of the molecule is Cc1ccc(Cn2c(Cl)nnc2C2CC2)s1. The quantitative estimate of drug-likeness (QED) is 0.841. The van der Waals surface area contributed by atoms with E-state index in [0.717, 1.165) is 12.4 Å². The second kappa shape index (κ2) is 3.86. The molecule has 0 spiro atoms. The predicted octanol–water partition coefficient (Wildman–Crippen LogP) is 3.23. The van der Waals surface area contributed by atoms with Crippen molar-refractivity contribution in [3.63, 3.8) is 0 Å². The minimum atomic E-state index is 0.507. The summed E-state index contributed by atoms with van der Waals surface area (Å²) in [6, 6.07) is 4.28. The van der Waals surface area contributed by atoms with Gasteiger partial charge in [-0.25, -0.2) is 0 Å². The van der Waals surface area contributed by atoms with E-state index in [1.807, 2.05) is 4.57 Å². The first kappa shape index (κ1) is 10.3. The molecular formula is C11H12ClN3S. The average molecular weight is 254 g/mol. The Hall–Kier alpha value is -0.870. The van der Waals surface area contributed by atoms with E-state index in [4.69, 9.17) is 11.6 Å². The minimum absolute atomic E-state index is 0.507. The monoisotopic (exact) mass is 253 g/mol. The molecule has 1 aliphatic rings. The fraction of sp³-hybridized carbons (Fsp3) is 0.455. The Balaban J connectivity index is 1.90. The van der Waals surface area contributed by atoms with Gasteiger partial charge < -0.3 is 0 Å². The molecule has 3 rings (SSSR count). The van der Waals surface area contributed by atoms with E-state index in [-0.39, 0.29) is 0 Å². The van der Waals surface area contributed by atoms with Crippen LogP contribution in [0.1, 0.15) is 34.3 Å². The first-order chi connectivity index (χ1) is 7.74. The summed E-state index contributed by atoms with van der Waals surface area (Å²) in [6.07, 6.45) is 2.44. The maximum Gasteiger partial charge on any atom is 0.225 e. The fourth-order valence-electron chi connectivity index (χ4n) is 1.81. The number of hydrogen-bond acceptors (Lipinski definition) is 3. The van der Waals surface area contributed by atoms with E-state index in [1.165, 1.54) is 22.6 Å². The molecule has 0 radical (unpaired) electrons. The third-order valence-electron chi connectivity index (χ3n) is 2.79. The molecule has 0 bridgehead atoms. The Morgan fingerprint density at radius 3 is 2.88 bits per heavy atom. The maximum atomic E-state index is 6.07. The molecule has 16 heavy (non-hydrogen) atoms. The van der Waals surface area contributed by atoms with E-state index in [9.17, 15) is 0 Å². The highest BCUT2D eigenvalue weighted by molar-refractivity contribution is 7.11. The van der Waals surface area contributed by atoms with Crippen LogP contribution in [0.4, 0.5) is 0 Å². The molecule has 0 aromatic carbocycles. The number of rotatable bonds is 3. The summed E-state index contributed by atoms with van der Waals surface area (Å²) in [4.78, 5) is 2.63. The molecule has 3 nitrogen and oxygen atoms in total. The van der Waals surface area contributed by atoms with Crippen LogP contribution in [0.2, 0.25) is 5.28 Å². The Kier molecular flexibility index (Phi) is 2.48. The topological polar surface area (TPSA) is 30.7 Å². The van der Waals surface area contributed by atoms with Crippen molar-refractivity contribution in [3.05, 3.63) is 33.0 Å². The van der Waals surface area contributed by atoms with Crippen LogP contribution < -0.4 is 0 Å². The largest absolute Gasteiger partial charge is 0.296 e. The number of halogens is 1. The van der Waals surface area contributed by atoms with Crippen LogP contribution in [0.25, 0.3) is 0 Å². The van der Waals surface area contributed by atoms with Crippen molar-refractivity contribution in [1.82, 2.24) is 14.8 Å². The van der Waals surface area contributed by atoms with Crippen LogP contribution in [0.3, 0.4) is 0 Å². The van der Waals surface area contributed by atoms with Crippen LogP contribution in [-0.4, -0.2) is 14.8 Å². The van der Waals surface area contributed by atoms with E-state index in [0.29, 0.717) is 11.2 Å². The number of nitrogens with zero attached hydrogens (tertiary/aromatic N) is 3. The zero-order valence-corrected chi connectivity index (χ0v) is 10.6. The molecule has 1 fully saturated rings.